The van der Waals surface area contributed by atoms with Crippen LogP contribution in [0.5, 0.6) is 0 Å². The van der Waals surface area contributed by atoms with Crippen molar-refractivity contribution in [1.29, 1.82) is 0 Å². The number of carbonyl (C=O) groups is 1. The van der Waals surface area contributed by atoms with Gasteiger partial charge in [-0.2, -0.15) is 0 Å². The molecule has 0 aliphatic heterocycles. The number of hydrogen-bond acceptors (Lipinski definition) is 2. The summed E-state index contributed by atoms with van der Waals surface area (Å²) in [6, 6.07) is 18.3. The van der Waals surface area contributed by atoms with Crippen molar-refractivity contribution in [1.82, 2.24) is 0 Å². The van der Waals surface area contributed by atoms with Crippen LogP contribution in [0.25, 0.3) is 12.2 Å². The Balaban J connectivity index is 1.91. The molecule has 2 nitrogen and oxygen atoms in total. The van der Waals surface area contributed by atoms with Gasteiger partial charge in [0, 0.05) is 10.6 Å². The highest BCUT2D eigenvalue weighted by molar-refractivity contribution is 7.99. The molecule has 0 saturated carbocycles. The average Bonchev–Trinajstić information content (AvgIpc) is 2.47. The van der Waals surface area contributed by atoms with Crippen molar-refractivity contribution in [2.75, 3.05) is 5.75 Å². The maximum absolute atomic E-state index is 10.4. The van der Waals surface area contributed by atoms with E-state index >= 15 is 0 Å². The molecule has 0 amide bonds. The molecule has 0 aromatic heterocycles. The highest BCUT2D eigenvalue weighted by atomic mass is 32.2. The standard InChI is InChI=1S/C17H16O2S/c18-17(19)12-13-20-16-10-8-15(9-11-16)7-6-14-4-2-1-3-5-14/h1-11H,12-13H2,(H,18,19). The molecular formula is C17H16O2S. The summed E-state index contributed by atoms with van der Waals surface area (Å²) < 4.78 is 0. The monoisotopic (exact) mass is 284 g/mol. The molecule has 2 aromatic carbocycles. The molecule has 0 saturated heterocycles. The SMILES string of the molecule is O=C(O)CCSc1ccc(C=Cc2ccccc2)cc1. The van der Waals surface area contributed by atoms with E-state index in [0.29, 0.717) is 5.75 Å². The van der Waals surface area contributed by atoms with Crippen molar-refractivity contribution in [3.05, 3.63) is 65.7 Å². The smallest absolute Gasteiger partial charge is 0.304 e. The lowest BCUT2D eigenvalue weighted by atomic mass is 10.1. The topological polar surface area (TPSA) is 37.3 Å². The van der Waals surface area contributed by atoms with Crippen LogP contribution in [0.15, 0.2) is 59.5 Å². The molecule has 0 radical (unpaired) electrons. The first kappa shape index (κ1) is 14.4. The van der Waals surface area contributed by atoms with Gasteiger partial charge in [-0.3, -0.25) is 4.79 Å². The number of carboxylic acids is 1. The maximum atomic E-state index is 10.4. The number of rotatable bonds is 6. The normalized spacial score (nSPS) is 10.8. The largest absolute Gasteiger partial charge is 0.481 e. The number of benzene rings is 2. The Morgan fingerprint density at radius 2 is 1.55 bits per heavy atom. The van der Waals surface area contributed by atoms with E-state index in [9.17, 15) is 4.79 Å². The first-order valence-electron chi connectivity index (χ1n) is 6.42. The molecule has 3 heteroatoms. The summed E-state index contributed by atoms with van der Waals surface area (Å²) in [5.74, 6) is -0.144. The van der Waals surface area contributed by atoms with Crippen LogP contribution in [0.4, 0.5) is 0 Å². The fourth-order valence-electron chi connectivity index (χ4n) is 1.69. The third kappa shape index (κ3) is 4.94. The number of hydrogen-bond donors (Lipinski definition) is 1. The number of thioether (sulfide) groups is 1. The molecule has 0 heterocycles. The molecule has 0 aliphatic carbocycles. The lowest BCUT2D eigenvalue weighted by Gasteiger charge is -2.00. The lowest BCUT2D eigenvalue weighted by Crippen LogP contribution is -1.95. The van der Waals surface area contributed by atoms with Crippen LogP contribution in [0.2, 0.25) is 0 Å². The molecular weight excluding hydrogens is 268 g/mol. The minimum Gasteiger partial charge on any atom is -0.481 e. The van der Waals surface area contributed by atoms with E-state index < -0.39 is 5.97 Å². The average molecular weight is 284 g/mol. The predicted molar refractivity (Wildman–Crippen MR) is 84.8 cm³/mol. The first-order valence-corrected chi connectivity index (χ1v) is 7.40. The molecule has 1 N–H and O–H groups in total. The Bertz CT molecular complexity index is 574. The number of carboxylic acid groups (broad SMARTS) is 1. The second kappa shape index (κ2) is 7.56. The second-order valence-corrected chi connectivity index (χ2v) is 5.47. The second-order valence-electron chi connectivity index (χ2n) is 4.31. The summed E-state index contributed by atoms with van der Waals surface area (Å²) >= 11 is 1.57. The fraction of sp³-hybridized carbons (Fsp3) is 0.118. The van der Waals surface area contributed by atoms with Crippen LogP contribution in [0.1, 0.15) is 17.5 Å². The zero-order valence-corrected chi connectivity index (χ0v) is 11.8. The molecule has 0 atom stereocenters. The van der Waals surface area contributed by atoms with Crippen LogP contribution in [-0.2, 0) is 4.79 Å². The van der Waals surface area contributed by atoms with Crippen LogP contribution >= 0.6 is 11.8 Å². The Kier molecular flexibility index (Phi) is 5.44. The lowest BCUT2D eigenvalue weighted by molar-refractivity contribution is -0.136. The van der Waals surface area contributed by atoms with Crippen molar-refractivity contribution >= 4 is 29.9 Å². The minimum absolute atomic E-state index is 0.195. The van der Waals surface area contributed by atoms with E-state index in [1.165, 1.54) is 5.56 Å². The van der Waals surface area contributed by atoms with Gasteiger partial charge in [0.15, 0.2) is 0 Å². The third-order valence-electron chi connectivity index (χ3n) is 2.73. The van der Waals surface area contributed by atoms with Crippen LogP contribution in [0, 0.1) is 0 Å². The molecule has 2 aromatic rings. The zero-order chi connectivity index (χ0) is 14.2. The Hall–Kier alpha value is -2.00. The molecule has 0 aliphatic rings. The van der Waals surface area contributed by atoms with Gasteiger partial charge in [-0.15, -0.1) is 11.8 Å². The maximum Gasteiger partial charge on any atom is 0.304 e. The van der Waals surface area contributed by atoms with Gasteiger partial charge in [-0.25, -0.2) is 0 Å². The summed E-state index contributed by atoms with van der Waals surface area (Å²) in [5, 5.41) is 8.59. The Morgan fingerprint density at radius 3 is 2.15 bits per heavy atom. The quantitative estimate of drug-likeness (QED) is 0.630. The molecule has 0 fully saturated rings. The summed E-state index contributed by atoms with van der Waals surface area (Å²) in [7, 11) is 0. The fourth-order valence-corrected chi connectivity index (χ4v) is 2.53. The molecule has 20 heavy (non-hydrogen) atoms. The van der Waals surface area contributed by atoms with Gasteiger partial charge in [0.1, 0.15) is 0 Å². The Morgan fingerprint density at radius 1 is 0.950 bits per heavy atom. The van der Waals surface area contributed by atoms with Gasteiger partial charge in [0.2, 0.25) is 0 Å². The molecule has 102 valence electrons. The van der Waals surface area contributed by atoms with Crippen LogP contribution < -0.4 is 0 Å². The van der Waals surface area contributed by atoms with Crippen LogP contribution in [0.3, 0.4) is 0 Å². The van der Waals surface area contributed by atoms with E-state index in [-0.39, 0.29) is 6.42 Å². The van der Waals surface area contributed by atoms with Gasteiger partial charge >= 0.3 is 5.97 Å². The van der Waals surface area contributed by atoms with Gasteiger partial charge in [-0.1, -0.05) is 54.6 Å². The van der Waals surface area contributed by atoms with Crippen molar-refractivity contribution < 1.29 is 9.90 Å². The summed E-state index contributed by atoms with van der Waals surface area (Å²) in [5.41, 5.74) is 2.31. The third-order valence-corrected chi connectivity index (χ3v) is 3.75. The first-order chi connectivity index (χ1) is 9.74. The van der Waals surface area contributed by atoms with E-state index in [2.05, 4.69) is 24.3 Å². The van der Waals surface area contributed by atoms with Crippen molar-refractivity contribution in [3.63, 3.8) is 0 Å². The minimum atomic E-state index is -0.750. The van der Waals surface area contributed by atoms with Crippen molar-refractivity contribution in [2.45, 2.75) is 11.3 Å². The molecule has 0 unspecified atom stereocenters. The zero-order valence-electron chi connectivity index (χ0n) is 11.0. The Labute approximate surface area is 123 Å². The van der Waals surface area contributed by atoms with Gasteiger partial charge in [0.25, 0.3) is 0 Å². The molecule has 0 spiro atoms. The van der Waals surface area contributed by atoms with Crippen molar-refractivity contribution in [3.8, 4) is 0 Å². The van der Waals surface area contributed by atoms with Gasteiger partial charge in [-0.05, 0) is 23.3 Å². The summed E-state index contributed by atoms with van der Waals surface area (Å²) in [6.45, 7) is 0. The van der Waals surface area contributed by atoms with Gasteiger partial charge in [0.05, 0.1) is 6.42 Å². The van der Waals surface area contributed by atoms with E-state index in [0.717, 1.165) is 10.5 Å². The highest BCUT2D eigenvalue weighted by Gasteiger charge is 1.98. The predicted octanol–water partition coefficient (Wildman–Crippen LogP) is 4.42. The highest BCUT2D eigenvalue weighted by Crippen LogP contribution is 2.20. The summed E-state index contributed by atoms with van der Waals surface area (Å²) in [4.78, 5) is 11.5. The molecule has 0 bridgehead atoms. The van der Waals surface area contributed by atoms with Crippen LogP contribution in [-0.4, -0.2) is 16.8 Å². The van der Waals surface area contributed by atoms with Gasteiger partial charge < -0.3 is 5.11 Å². The summed E-state index contributed by atoms with van der Waals surface area (Å²) in [6.07, 6.45) is 4.34. The van der Waals surface area contributed by atoms with E-state index in [4.69, 9.17) is 5.11 Å². The van der Waals surface area contributed by atoms with E-state index in [1.54, 1.807) is 11.8 Å². The number of aliphatic carboxylic acids is 1. The van der Waals surface area contributed by atoms with Crippen molar-refractivity contribution in [2.24, 2.45) is 0 Å². The molecule has 2 rings (SSSR count). The van der Waals surface area contributed by atoms with E-state index in [1.807, 2.05) is 42.5 Å².